The molecule has 0 aliphatic carbocycles. The number of para-hydroxylation sites is 1. The van der Waals surface area contributed by atoms with E-state index in [1.54, 1.807) is 0 Å². The number of hydrogen-bond acceptors (Lipinski definition) is 3. The van der Waals surface area contributed by atoms with Crippen molar-refractivity contribution in [2.24, 2.45) is 5.73 Å². The molecule has 1 aliphatic heterocycles. The lowest BCUT2D eigenvalue weighted by molar-refractivity contribution is 0.663. The molecule has 1 aliphatic rings. The average molecular weight is 253 g/mol. The molecule has 0 saturated carbocycles. The van der Waals surface area contributed by atoms with Gasteiger partial charge in [0, 0.05) is 18.3 Å². The van der Waals surface area contributed by atoms with Crippen LogP contribution in [0.15, 0.2) is 42.5 Å². The summed E-state index contributed by atoms with van der Waals surface area (Å²) in [6.45, 7) is 3.62. The van der Waals surface area contributed by atoms with E-state index in [1.807, 2.05) is 12.1 Å². The summed E-state index contributed by atoms with van der Waals surface area (Å²) in [6, 6.07) is 15.3. The van der Waals surface area contributed by atoms with Crippen LogP contribution in [0.5, 0.6) is 0 Å². The average Bonchev–Trinajstić information content (AvgIpc) is 2.76. The summed E-state index contributed by atoms with van der Waals surface area (Å²) < 4.78 is 0. The molecule has 3 nitrogen and oxygen atoms in total. The third-order valence-corrected chi connectivity index (χ3v) is 3.75. The molecule has 0 amide bonds. The van der Waals surface area contributed by atoms with Crippen molar-refractivity contribution < 1.29 is 0 Å². The van der Waals surface area contributed by atoms with Gasteiger partial charge in [0.15, 0.2) is 0 Å². The van der Waals surface area contributed by atoms with E-state index >= 15 is 0 Å². The van der Waals surface area contributed by atoms with Crippen LogP contribution >= 0.6 is 0 Å². The monoisotopic (exact) mass is 253 g/mol. The number of aromatic nitrogens is 1. The Morgan fingerprint density at radius 1 is 1.16 bits per heavy atom. The number of benzene rings is 1. The Balaban J connectivity index is 1.87. The van der Waals surface area contributed by atoms with Crippen LogP contribution in [0.2, 0.25) is 0 Å². The Morgan fingerprint density at radius 3 is 2.79 bits per heavy atom. The summed E-state index contributed by atoms with van der Waals surface area (Å²) in [4.78, 5) is 7.02. The summed E-state index contributed by atoms with van der Waals surface area (Å²) in [5.74, 6) is 0. The van der Waals surface area contributed by atoms with Crippen LogP contribution < -0.4 is 10.6 Å². The van der Waals surface area contributed by atoms with E-state index < -0.39 is 0 Å². The van der Waals surface area contributed by atoms with Gasteiger partial charge in [0.2, 0.25) is 0 Å². The quantitative estimate of drug-likeness (QED) is 0.913. The van der Waals surface area contributed by atoms with Crippen LogP contribution in [-0.4, -0.2) is 11.0 Å². The van der Waals surface area contributed by atoms with Crippen LogP contribution in [0.3, 0.4) is 0 Å². The van der Waals surface area contributed by atoms with E-state index in [4.69, 9.17) is 5.73 Å². The van der Waals surface area contributed by atoms with Gasteiger partial charge < -0.3 is 10.6 Å². The van der Waals surface area contributed by atoms with E-state index in [0.717, 1.165) is 24.4 Å². The number of fused-ring (bicyclic) bond motifs is 1. The first-order valence-corrected chi connectivity index (χ1v) is 6.77. The van der Waals surface area contributed by atoms with E-state index in [2.05, 4.69) is 47.1 Å². The normalized spacial score (nSPS) is 17.6. The van der Waals surface area contributed by atoms with Crippen molar-refractivity contribution in [2.75, 3.05) is 4.90 Å². The second kappa shape index (κ2) is 5.02. The van der Waals surface area contributed by atoms with Crippen LogP contribution in [-0.2, 0) is 19.5 Å². The van der Waals surface area contributed by atoms with Gasteiger partial charge in [-0.15, -0.1) is 0 Å². The second-order valence-electron chi connectivity index (χ2n) is 5.13. The predicted molar refractivity (Wildman–Crippen MR) is 77.9 cm³/mol. The molecule has 1 atom stereocenters. The number of rotatable bonds is 3. The smallest absolute Gasteiger partial charge is 0.0605 e. The molecule has 2 heterocycles. The molecule has 98 valence electrons. The van der Waals surface area contributed by atoms with Gasteiger partial charge in [-0.05, 0) is 37.1 Å². The molecule has 1 unspecified atom stereocenters. The van der Waals surface area contributed by atoms with Crippen molar-refractivity contribution in [3.8, 4) is 0 Å². The number of nitrogens with two attached hydrogens (primary N) is 1. The maximum absolute atomic E-state index is 5.65. The fourth-order valence-electron chi connectivity index (χ4n) is 2.78. The number of hydrogen-bond donors (Lipinski definition) is 1. The van der Waals surface area contributed by atoms with Crippen molar-refractivity contribution >= 4 is 5.69 Å². The minimum absolute atomic E-state index is 0.500. The molecule has 1 aromatic carbocycles. The minimum Gasteiger partial charge on any atom is -0.362 e. The van der Waals surface area contributed by atoms with E-state index in [0.29, 0.717) is 12.6 Å². The molecule has 2 aromatic rings. The molecule has 3 heteroatoms. The molecular formula is C16H19N3. The van der Waals surface area contributed by atoms with Gasteiger partial charge in [-0.3, -0.25) is 4.98 Å². The second-order valence-corrected chi connectivity index (χ2v) is 5.13. The minimum atomic E-state index is 0.500. The van der Waals surface area contributed by atoms with Gasteiger partial charge in [0.25, 0.3) is 0 Å². The SMILES string of the molecule is CC1Cc2ccccc2N1Cc1cccc(CN)n1. The van der Waals surface area contributed by atoms with Gasteiger partial charge in [-0.1, -0.05) is 24.3 Å². The van der Waals surface area contributed by atoms with Crippen molar-refractivity contribution in [1.29, 1.82) is 0 Å². The van der Waals surface area contributed by atoms with Crippen LogP contribution in [0.25, 0.3) is 0 Å². The summed E-state index contributed by atoms with van der Waals surface area (Å²) in [5, 5.41) is 0. The molecule has 0 fully saturated rings. The lowest BCUT2D eigenvalue weighted by Gasteiger charge is -2.24. The Labute approximate surface area is 114 Å². The molecule has 2 N–H and O–H groups in total. The van der Waals surface area contributed by atoms with Gasteiger partial charge in [-0.25, -0.2) is 0 Å². The highest BCUT2D eigenvalue weighted by Gasteiger charge is 2.25. The highest BCUT2D eigenvalue weighted by atomic mass is 15.2. The first kappa shape index (κ1) is 12.2. The maximum Gasteiger partial charge on any atom is 0.0605 e. The Morgan fingerprint density at radius 2 is 1.95 bits per heavy atom. The molecule has 19 heavy (non-hydrogen) atoms. The van der Waals surface area contributed by atoms with Gasteiger partial charge in [0.05, 0.1) is 17.9 Å². The maximum atomic E-state index is 5.65. The lowest BCUT2D eigenvalue weighted by Crippen LogP contribution is -2.29. The molecular weight excluding hydrogens is 234 g/mol. The predicted octanol–water partition coefficient (Wildman–Crippen LogP) is 2.49. The highest BCUT2D eigenvalue weighted by Crippen LogP contribution is 2.32. The topological polar surface area (TPSA) is 42.1 Å². The van der Waals surface area contributed by atoms with Crippen molar-refractivity contribution in [1.82, 2.24) is 4.98 Å². The zero-order valence-corrected chi connectivity index (χ0v) is 11.2. The largest absolute Gasteiger partial charge is 0.362 e. The van der Waals surface area contributed by atoms with Crippen LogP contribution in [0.1, 0.15) is 23.9 Å². The van der Waals surface area contributed by atoms with Gasteiger partial charge in [0.1, 0.15) is 0 Å². The van der Waals surface area contributed by atoms with Crippen LogP contribution in [0, 0.1) is 0 Å². The standard InChI is InChI=1S/C16H19N3/c1-12-9-13-5-2-3-8-16(13)19(12)11-15-7-4-6-14(10-17)18-15/h2-8,12H,9-11,17H2,1H3. The fourth-order valence-corrected chi connectivity index (χ4v) is 2.78. The van der Waals surface area contributed by atoms with Crippen LogP contribution in [0.4, 0.5) is 5.69 Å². The van der Waals surface area contributed by atoms with Gasteiger partial charge in [-0.2, -0.15) is 0 Å². The summed E-state index contributed by atoms with van der Waals surface area (Å²) in [5.41, 5.74) is 10.5. The van der Waals surface area contributed by atoms with E-state index in [9.17, 15) is 0 Å². The van der Waals surface area contributed by atoms with Crippen molar-refractivity contribution in [3.63, 3.8) is 0 Å². The molecule has 3 rings (SSSR count). The zero-order valence-electron chi connectivity index (χ0n) is 11.2. The fraction of sp³-hybridized carbons (Fsp3) is 0.312. The number of anilines is 1. The zero-order chi connectivity index (χ0) is 13.2. The molecule has 0 saturated heterocycles. The Bertz CT molecular complexity index is 580. The Kier molecular flexibility index (Phi) is 3.22. The number of pyridine rings is 1. The Hall–Kier alpha value is -1.87. The first-order chi connectivity index (χ1) is 9.28. The molecule has 0 radical (unpaired) electrons. The third-order valence-electron chi connectivity index (χ3n) is 3.75. The molecule has 1 aromatic heterocycles. The summed E-state index contributed by atoms with van der Waals surface area (Å²) >= 11 is 0. The molecule has 0 spiro atoms. The van der Waals surface area contributed by atoms with E-state index in [1.165, 1.54) is 11.3 Å². The van der Waals surface area contributed by atoms with Crippen molar-refractivity contribution in [2.45, 2.75) is 32.5 Å². The van der Waals surface area contributed by atoms with E-state index in [-0.39, 0.29) is 0 Å². The molecule has 0 bridgehead atoms. The summed E-state index contributed by atoms with van der Waals surface area (Å²) in [7, 11) is 0. The lowest BCUT2D eigenvalue weighted by atomic mass is 10.1. The van der Waals surface area contributed by atoms with Gasteiger partial charge >= 0.3 is 0 Å². The summed E-state index contributed by atoms with van der Waals surface area (Å²) in [6.07, 6.45) is 1.12. The third kappa shape index (κ3) is 2.34. The number of nitrogens with zero attached hydrogens (tertiary/aromatic N) is 2. The first-order valence-electron chi connectivity index (χ1n) is 6.77. The highest BCUT2D eigenvalue weighted by molar-refractivity contribution is 5.59. The van der Waals surface area contributed by atoms with Crippen molar-refractivity contribution in [3.05, 3.63) is 59.4 Å².